The van der Waals surface area contributed by atoms with Gasteiger partial charge in [-0.3, -0.25) is 9.59 Å². The molecule has 0 amide bonds. The van der Waals surface area contributed by atoms with Gasteiger partial charge in [0.1, 0.15) is 12.2 Å². The van der Waals surface area contributed by atoms with Gasteiger partial charge < -0.3 is 19.7 Å². The van der Waals surface area contributed by atoms with Gasteiger partial charge in [0.25, 0.3) is 0 Å². The lowest BCUT2D eigenvalue weighted by Crippen LogP contribution is -2.45. The number of carbonyl (C=O) groups is 2. The average molecular weight is 435 g/mol. The summed E-state index contributed by atoms with van der Waals surface area (Å²) in [5, 5.41) is 20.0. The number of cyclic esters (lactones) is 1. The molecule has 0 bridgehead atoms. The predicted molar refractivity (Wildman–Crippen MR) is 117 cm³/mol. The second-order valence-corrected chi connectivity index (χ2v) is 10.4. The highest BCUT2D eigenvalue weighted by atomic mass is 16.6. The molecule has 0 aromatic rings. The standard InChI is InChI=1S/C25H38O6/c1-14-10-17-7-6-15(2)20(9-8-19-12-18(27)13-22(28)30-19)23(17)21(11-14)31-24(29)25(4,5)16(3)26/h6-7,10,14-16,18-21,23,26-27H,8-9,11-13H2,1-5H3/t14-,15-,16?,18+,19+,20-,21-,23-/m1/s1. The first-order valence-electron chi connectivity index (χ1n) is 11.7. The van der Waals surface area contributed by atoms with Crippen molar-refractivity contribution in [2.24, 2.45) is 29.1 Å². The zero-order valence-corrected chi connectivity index (χ0v) is 19.4. The van der Waals surface area contributed by atoms with Crippen LogP contribution in [-0.4, -0.2) is 46.6 Å². The number of ether oxygens (including phenoxy) is 2. The highest BCUT2D eigenvalue weighted by Gasteiger charge is 2.44. The molecule has 1 unspecified atom stereocenters. The molecule has 2 N–H and O–H groups in total. The number of aliphatic hydroxyl groups is 2. The van der Waals surface area contributed by atoms with Crippen LogP contribution in [0.15, 0.2) is 23.8 Å². The maximum Gasteiger partial charge on any atom is 0.314 e. The molecule has 0 aromatic carbocycles. The first-order chi connectivity index (χ1) is 14.5. The highest BCUT2D eigenvalue weighted by molar-refractivity contribution is 5.77. The van der Waals surface area contributed by atoms with Crippen LogP contribution in [0.3, 0.4) is 0 Å². The van der Waals surface area contributed by atoms with E-state index >= 15 is 0 Å². The lowest BCUT2D eigenvalue weighted by molar-refractivity contribution is -0.171. The molecule has 1 saturated heterocycles. The Morgan fingerprint density at radius 3 is 2.65 bits per heavy atom. The molecule has 6 heteroatoms. The van der Waals surface area contributed by atoms with Crippen molar-refractivity contribution < 1.29 is 29.3 Å². The second-order valence-electron chi connectivity index (χ2n) is 10.4. The van der Waals surface area contributed by atoms with Gasteiger partial charge in [-0.05, 0) is 63.4 Å². The molecular weight excluding hydrogens is 396 g/mol. The molecule has 3 aliphatic rings. The van der Waals surface area contributed by atoms with Crippen molar-refractivity contribution >= 4 is 11.9 Å². The van der Waals surface area contributed by atoms with E-state index in [9.17, 15) is 19.8 Å². The summed E-state index contributed by atoms with van der Waals surface area (Å²) >= 11 is 0. The van der Waals surface area contributed by atoms with Crippen LogP contribution in [0.1, 0.15) is 66.7 Å². The lowest BCUT2D eigenvalue weighted by atomic mass is 9.65. The zero-order valence-electron chi connectivity index (χ0n) is 19.4. The molecule has 1 fully saturated rings. The third-order valence-electron chi connectivity index (χ3n) is 7.48. The molecule has 6 nitrogen and oxygen atoms in total. The van der Waals surface area contributed by atoms with E-state index in [4.69, 9.17) is 9.47 Å². The maximum atomic E-state index is 12.9. The van der Waals surface area contributed by atoms with Crippen LogP contribution < -0.4 is 0 Å². The SMILES string of the molecule is CC(O)C(C)(C)C(=O)O[C@@H]1C[C@H](C)C=C2C=C[C@@H](C)[C@@H](CC[C@H]3C[C@H](O)CC(=O)O3)[C@@H]21. The number of carbonyl (C=O) groups excluding carboxylic acids is 2. The van der Waals surface area contributed by atoms with E-state index in [0.29, 0.717) is 24.7 Å². The van der Waals surface area contributed by atoms with Gasteiger partial charge in [0.15, 0.2) is 0 Å². The molecule has 1 heterocycles. The Morgan fingerprint density at radius 1 is 1.29 bits per heavy atom. The molecule has 31 heavy (non-hydrogen) atoms. The van der Waals surface area contributed by atoms with Gasteiger partial charge in [0.05, 0.1) is 24.0 Å². The van der Waals surface area contributed by atoms with E-state index < -0.39 is 17.6 Å². The average Bonchev–Trinajstić information content (AvgIpc) is 2.66. The van der Waals surface area contributed by atoms with E-state index in [2.05, 4.69) is 32.1 Å². The van der Waals surface area contributed by atoms with Crippen molar-refractivity contribution in [2.75, 3.05) is 0 Å². The number of rotatable bonds is 6. The van der Waals surface area contributed by atoms with Gasteiger partial charge in [-0.25, -0.2) is 0 Å². The van der Waals surface area contributed by atoms with Crippen molar-refractivity contribution in [1.29, 1.82) is 0 Å². The fourth-order valence-electron chi connectivity index (χ4n) is 5.10. The first kappa shape index (κ1) is 24.0. The number of allylic oxidation sites excluding steroid dienone is 3. The summed E-state index contributed by atoms with van der Waals surface area (Å²) in [5.74, 6) is 0.214. The van der Waals surface area contributed by atoms with Crippen molar-refractivity contribution in [3.05, 3.63) is 23.8 Å². The molecule has 3 rings (SSSR count). The smallest absolute Gasteiger partial charge is 0.314 e. The Balaban J connectivity index is 1.77. The van der Waals surface area contributed by atoms with E-state index in [1.807, 2.05) is 0 Å². The third kappa shape index (κ3) is 5.40. The molecule has 0 saturated carbocycles. The number of hydrogen-bond donors (Lipinski definition) is 2. The van der Waals surface area contributed by atoms with Gasteiger partial charge in [-0.1, -0.05) is 32.1 Å². The lowest BCUT2D eigenvalue weighted by Gasteiger charge is -2.44. The summed E-state index contributed by atoms with van der Waals surface area (Å²) in [6.45, 7) is 9.35. The van der Waals surface area contributed by atoms with Crippen molar-refractivity contribution in [3.63, 3.8) is 0 Å². The number of fused-ring (bicyclic) bond motifs is 1. The highest BCUT2D eigenvalue weighted by Crippen LogP contribution is 2.45. The van der Waals surface area contributed by atoms with Gasteiger partial charge in [-0.15, -0.1) is 0 Å². The topological polar surface area (TPSA) is 93.1 Å². The minimum Gasteiger partial charge on any atom is -0.462 e. The van der Waals surface area contributed by atoms with Gasteiger partial charge in [-0.2, -0.15) is 0 Å². The summed E-state index contributed by atoms with van der Waals surface area (Å²) in [5.41, 5.74) is 0.234. The molecule has 0 aromatic heterocycles. The Labute approximate surface area is 185 Å². The second kappa shape index (κ2) is 9.45. The molecule has 2 aliphatic carbocycles. The van der Waals surface area contributed by atoms with Crippen LogP contribution in [0.2, 0.25) is 0 Å². The number of aliphatic hydroxyl groups excluding tert-OH is 2. The van der Waals surface area contributed by atoms with Gasteiger partial charge in [0, 0.05) is 12.3 Å². The number of esters is 2. The van der Waals surface area contributed by atoms with Crippen LogP contribution in [0, 0.1) is 29.1 Å². The van der Waals surface area contributed by atoms with E-state index in [1.165, 1.54) is 5.57 Å². The molecule has 8 atom stereocenters. The molecule has 0 radical (unpaired) electrons. The summed E-state index contributed by atoms with van der Waals surface area (Å²) in [4.78, 5) is 24.6. The Bertz CT molecular complexity index is 736. The monoisotopic (exact) mass is 434 g/mol. The normalized spacial score (nSPS) is 36.8. The summed E-state index contributed by atoms with van der Waals surface area (Å²) in [6, 6.07) is 0. The number of hydrogen-bond acceptors (Lipinski definition) is 6. The molecule has 1 aliphatic heterocycles. The van der Waals surface area contributed by atoms with Crippen molar-refractivity contribution in [2.45, 2.75) is 91.1 Å². The minimum atomic E-state index is -0.970. The fourth-order valence-corrected chi connectivity index (χ4v) is 5.10. The predicted octanol–water partition coefficient (Wildman–Crippen LogP) is 3.56. The maximum absolute atomic E-state index is 12.9. The largest absolute Gasteiger partial charge is 0.462 e. The summed E-state index contributed by atoms with van der Waals surface area (Å²) in [7, 11) is 0. The summed E-state index contributed by atoms with van der Waals surface area (Å²) in [6.07, 6.45) is 7.51. The molecular formula is C25H38O6. The van der Waals surface area contributed by atoms with Crippen LogP contribution in [0.4, 0.5) is 0 Å². The fraction of sp³-hybridized carbons (Fsp3) is 0.760. The van der Waals surface area contributed by atoms with Crippen molar-refractivity contribution in [3.8, 4) is 0 Å². The van der Waals surface area contributed by atoms with E-state index in [0.717, 1.165) is 12.8 Å². The van der Waals surface area contributed by atoms with Crippen LogP contribution >= 0.6 is 0 Å². The van der Waals surface area contributed by atoms with Crippen LogP contribution in [0.5, 0.6) is 0 Å². The Morgan fingerprint density at radius 2 is 2.00 bits per heavy atom. The van der Waals surface area contributed by atoms with Gasteiger partial charge >= 0.3 is 11.9 Å². The first-order valence-corrected chi connectivity index (χ1v) is 11.7. The Hall–Kier alpha value is -1.66. The van der Waals surface area contributed by atoms with Crippen LogP contribution in [-0.2, 0) is 19.1 Å². The van der Waals surface area contributed by atoms with Crippen molar-refractivity contribution in [1.82, 2.24) is 0 Å². The third-order valence-corrected chi connectivity index (χ3v) is 7.48. The molecule has 0 spiro atoms. The van der Waals surface area contributed by atoms with E-state index in [-0.39, 0.29) is 42.4 Å². The Kier molecular flexibility index (Phi) is 7.32. The quantitative estimate of drug-likeness (QED) is 0.621. The summed E-state index contributed by atoms with van der Waals surface area (Å²) < 4.78 is 11.5. The zero-order chi connectivity index (χ0) is 22.9. The van der Waals surface area contributed by atoms with Crippen LogP contribution in [0.25, 0.3) is 0 Å². The minimum absolute atomic E-state index is 0.0730. The molecule has 174 valence electrons. The van der Waals surface area contributed by atoms with Gasteiger partial charge in [0.2, 0.25) is 0 Å². The van der Waals surface area contributed by atoms with E-state index in [1.54, 1.807) is 20.8 Å².